The number of carbonyl (C=O) groups excluding carboxylic acids is 4. The summed E-state index contributed by atoms with van der Waals surface area (Å²) in [7, 11) is 0. The third-order valence-electron chi connectivity index (χ3n) is 6.37. The largest absolute Gasteiger partial charge is 0.457 e. The molecule has 0 aromatic heterocycles. The van der Waals surface area contributed by atoms with Crippen LogP contribution in [0.3, 0.4) is 0 Å². The van der Waals surface area contributed by atoms with E-state index < -0.39 is 5.97 Å². The molecule has 3 amide bonds. The highest BCUT2D eigenvalue weighted by Gasteiger charge is 2.34. The molecule has 0 spiro atoms. The van der Waals surface area contributed by atoms with Crippen molar-refractivity contribution >= 4 is 23.7 Å². The van der Waals surface area contributed by atoms with Gasteiger partial charge in [0.2, 0.25) is 0 Å². The molecule has 35 heavy (non-hydrogen) atoms. The number of ether oxygens (including phenoxy) is 1. The molecule has 176 valence electrons. The van der Waals surface area contributed by atoms with Gasteiger partial charge in [-0.25, -0.2) is 4.79 Å². The first-order chi connectivity index (χ1) is 17.0. The molecule has 0 N–H and O–H groups in total. The summed E-state index contributed by atoms with van der Waals surface area (Å²) >= 11 is 0. The molecule has 0 aliphatic carbocycles. The van der Waals surface area contributed by atoms with Gasteiger partial charge in [-0.2, -0.15) is 0 Å². The van der Waals surface area contributed by atoms with Crippen LogP contribution in [0.25, 0.3) is 0 Å². The molecular weight excluding hydrogens is 444 g/mol. The van der Waals surface area contributed by atoms with Gasteiger partial charge in [0.1, 0.15) is 6.61 Å². The lowest BCUT2D eigenvalue weighted by Crippen LogP contribution is -2.29. The minimum absolute atomic E-state index is 0.0346. The van der Waals surface area contributed by atoms with Crippen LogP contribution in [0.15, 0.2) is 72.8 Å². The molecular formula is C28H24N2O5. The van der Waals surface area contributed by atoms with E-state index in [1.54, 1.807) is 72.8 Å². The summed E-state index contributed by atoms with van der Waals surface area (Å²) in [6.07, 6.45) is 2.09. The highest BCUT2D eigenvalue weighted by Crippen LogP contribution is 2.24. The number of rotatable bonds is 6. The first-order valence-electron chi connectivity index (χ1n) is 11.6. The van der Waals surface area contributed by atoms with Crippen molar-refractivity contribution in [1.82, 2.24) is 9.80 Å². The molecule has 0 saturated carbocycles. The van der Waals surface area contributed by atoms with Gasteiger partial charge < -0.3 is 9.64 Å². The topological polar surface area (TPSA) is 84.0 Å². The van der Waals surface area contributed by atoms with Gasteiger partial charge in [-0.15, -0.1) is 0 Å². The summed E-state index contributed by atoms with van der Waals surface area (Å²) in [4.78, 5) is 53.1. The number of esters is 1. The van der Waals surface area contributed by atoms with E-state index in [0.29, 0.717) is 22.3 Å². The number of imide groups is 1. The van der Waals surface area contributed by atoms with Crippen molar-refractivity contribution in [1.29, 1.82) is 0 Å². The van der Waals surface area contributed by atoms with Gasteiger partial charge in [-0.3, -0.25) is 19.3 Å². The van der Waals surface area contributed by atoms with Crippen molar-refractivity contribution in [3.05, 3.63) is 106 Å². The van der Waals surface area contributed by atoms with Crippen molar-refractivity contribution in [2.75, 3.05) is 13.1 Å². The van der Waals surface area contributed by atoms with Crippen LogP contribution in [0, 0.1) is 0 Å². The van der Waals surface area contributed by atoms with Gasteiger partial charge in [0.25, 0.3) is 17.7 Å². The normalized spacial score (nSPS) is 14.9. The highest BCUT2D eigenvalue weighted by atomic mass is 16.5. The lowest BCUT2D eigenvalue weighted by atomic mass is 10.1. The second-order valence-corrected chi connectivity index (χ2v) is 8.71. The number of likely N-dealkylation sites (tertiary alicyclic amines) is 1. The maximum Gasteiger partial charge on any atom is 0.338 e. The molecule has 2 heterocycles. The van der Waals surface area contributed by atoms with Gasteiger partial charge in [0.05, 0.1) is 23.2 Å². The minimum Gasteiger partial charge on any atom is -0.457 e. The number of hydrogen-bond acceptors (Lipinski definition) is 5. The Kier molecular flexibility index (Phi) is 6.14. The Balaban J connectivity index is 1.16. The van der Waals surface area contributed by atoms with E-state index in [4.69, 9.17) is 4.74 Å². The first kappa shape index (κ1) is 22.5. The molecule has 3 aromatic rings. The van der Waals surface area contributed by atoms with Gasteiger partial charge in [0, 0.05) is 18.7 Å². The summed E-state index contributed by atoms with van der Waals surface area (Å²) in [5, 5.41) is 0. The molecule has 0 radical (unpaired) electrons. The van der Waals surface area contributed by atoms with Crippen LogP contribution in [0.2, 0.25) is 0 Å². The van der Waals surface area contributed by atoms with Gasteiger partial charge in [-0.05, 0) is 60.4 Å². The van der Waals surface area contributed by atoms with Crippen molar-refractivity contribution < 1.29 is 23.9 Å². The van der Waals surface area contributed by atoms with Crippen molar-refractivity contribution in [2.45, 2.75) is 26.0 Å². The van der Waals surface area contributed by atoms with Crippen LogP contribution in [-0.4, -0.2) is 46.6 Å². The van der Waals surface area contributed by atoms with Crippen LogP contribution >= 0.6 is 0 Å². The molecule has 0 unspecified atom stereocenters. The third kappa shape index (κ3) is 4.57. The summed E-state index contributed by atoms with van der Waals surface area (Å²) in [6, 6.07) is 20.5. The molecule has 1 saturated heterocycles. The Labute approximate surface area is 202 Å². The summed E-state index contributed by atoms with van der Waals surface area (Å²) in [6.45, 7) is 1.82. The molecule has 7 nitrogen and oxygen atoms in total. The van der Waals surface area contributed by atoms with Gasteiger partial charge in [-0.1, -0.05) is 36.4 Å². The van der Waals surface area contributed by atoms with Crippen molar-refractivity contribution in [3.8, 4) is 0 Å². The van der Waals surface area contributed by atoms with E-state index in [1.165, 1.54) is 4.90 Å². The van der Waals surface area contributed by atoms with E-state index in [0.717, 1.165) is 37.1 Å². The quantitative estimate of drug-likeness (QED) is 0.402. The molecule has 1 fully saturated rings. The minimum atomic E-state index is -0.477. The second-order valence-electron chi connectivity index (χ2n) is 8.71. The lowest BCUT2D eigenvalue weighted by molar-refractivity contribution is 0.0471. The summed E-state index contributed by atoms with van der Waals surface area (Å²) < 4.78 is 5.41. The smallest absolute Gasteiger partial charge is 0.338 e. The number of amides is 3. The first-order valence-corrected chi connectivity index (χ1v) is 11.6. The maximum atomic E-state index is 12.5. The number of carbonyl (C=O) groups is 4. The summed E-state index contributed by atoms with van der Waals surface area (Å²) in [5.41, 5.74) is 3.35. The van der Waals surface area contributed by atoms with E-state index in [-0.39, 0.29) is 30.9 Å². The average molecular weight is 469 g/mol. The lowest BCUT2D eigenvalue weighted by Gasteiger charge is -2.15. The molecule has 5 rings (SSSR count). The fourth-order valence-electron chi connectivity index (χ4n) is 4.39. The van der Waals surface area contributed by atoms with E-state index in [9.17, 15) is 19.2 Å². The molecule has 7 heteroatoms. The van der Waals surface area contributed by atoms with Crippen LogP contribution in [0.5, 0.6) is 0 Å². The number of nitrogens with zero attached hydrogens (tertiary/aromatic N) is 2. The van der Waals surface area contributed by atoms with Gasteiger partial charge in [0.15, 0.2) is 0 Å². The Morgan fingerprint density at radius 3 is 1.86 bits per heavy atom. The average Bonchev–Trinajstić information content (AvgIpc) is 3.52. The standard InChI is InChI=1S/C28H24N2O5/c31-25(29-15-3-4-16-29)21-11-9-20(10-12-21)18-35-28(34)22-13-7-19(8-14-22)17-30-26(32)23-5-1-2-6-24(23)27(30)33/h1-2,5-14H,3-4,15-18H2. The van der Waals surface area contributed by atoms with Crippen LogP contribution < -0.4 is 0 Å². The number of benzene rings is 3. The Hall–Kier alpha value is -4.26. The molecule has 0 atom stereocenters. The maximum absolute atomic E-state index is 12.5. The molecule has 0 bridgehead atoms. The molecule has 3 aromatic carbocycles. The van der Waals surface area contributed by atoms with E-state index in [1.807, 2.05) is 4.90 Å². The monoisotopic (exact) mass is 468 g/mol. The van der Waals surface area contributed by atoms with Crippen LogP contribution in [-0.2, 0) is 17.9 Å². The number of hydrogen-bond donors (Lipinski definition) is 0. The fraction of sp³-hybridized carbons (Fsp3) is 0.214. The van der Waals surface area contributed by atoms with Gasteiger partial charge >= 0.3 is 5.97 Å². The SMILES string of the molecule is O=C(OCc1ccc(C(=O)N2CCCC2)cc1)c1ccc(CN2C(=O)c3ccccc3C2=O)cc1. The zero-order valence-corrected chi connectivity index (χ0v) is 19.1. The zero-order chi connectivity index (χ0) is 24.4. The van der Waals surface area contributed by atoms with Crippen molar-refractivity contribution in [2.24, 2.45) is 0 Å². The van der Waals surface area contributed by atoms with E-state index in [2.05, 4.69) is 0 Å². The zero-order valence-electron chi connectivity index (χ0n) is 19.1. The predicted molar refractivity (Wildman–Crippen MR) is 128 cm³/mol. The summed E-state index contributed by atoms with van der Waals surface area (Å²) in [5.74, 6) is -1.08. The van der Waals surface area contributed by atoms with Crippen LogP contribution in [0.4, 0.5) is 0 Å². The Morgan fingerprint density at radius 1 is 0.714 bits per heavy atom. The Bertz CT molecular complexity index is 1260. The molecule has 2 aliphatic rings. The number of fused-ring (bicyclic) bond motifs is 1. The Morgan fingerprint density at radius 2 is 1.26 bits per heavy atom. The van der Waals surface area contributed by atoms with E-state index >= 15 is 0 Å². The van der Waals surface area contributed by atoms with Crippen molar-refractivity contribution in [3.63, 3.8) is 0 Å². The second kappa shape index (κ2) is 9.54. The van der Waals surface area contributed by atoms with Crippen LogP contribution in [0.1, 0.15) is 65.4 Å². The molecule has 2 aliphatic heterocycles. The third-order valence-corrected chi connectivity index (χ3v) is 6.37. The highest BCUT2D eigenvalue weighted by molar-refractivity contribution is 6.21. The fourth-order valence-corrected chi connectivity index (χ4v) is 4.39. The predicted octanol–water partition coefficient (Wildman–Crippen LogP) is 4.08.